The molecular formula is C17H18F2N4O3. The second kappa shape index (κ2) is 6.11. The smallest absolute Gasteiger partial charge is 0.351 e. The van der Waals surface area contributed by atoms with Crippen molar-refractivity contribution in [2.24, 2.45) is 0 Å². The van der Waals surface area contributed by atoms with Crippen LogP contribution in [-0.2, 0) is 17.8 Å². The predicted molar refractivity (Wildman–Crippen MR) is 88.3 cm³/mol. The van der Waals surface area contributed by atoms with Gasteiger partial charge in [0.2, 0.25) is 6.23 Å². The molecule has 2 aliphatic heterocycles. The second-order valence-corrected chi connectivity index (χ2v) is 6.63. The van der Waals surface area contributed by atoms with Crippen molar-refractivity contribution in [3.63, 3.8) is 0 Å². The first-order chi connectivity index (χ1) is 12.4. The lowest BCUT2D eigenvalue weighted by Gasteiger charge is -2.22. The SMILES string of the molecule is Nc1ccn([C@@H]2O[C@H](CN3Cc4ccccc4C3)[C@@H](O)C2(F)F)c(=O)n1. The number of halogens is 2. The predicted octanol–water partition coefficient (Wildman–Crippen LogP) is 0.735. The highest BCUT2D eigenvalue weighted by Crippen LogP contribution is 2.42. The number of ether oxygens (including phenoxy) is 1. The van der Waals surface area contributed by atoms with Crippen LogP contribution in [0.15, 0.2) is 41.3 Å². The summed E-state index contributed by atoms with van der Waals surface area (Å²) in [5.74, 6) is -3.70. The van der Waals surface area contributed by atoms with Crippen LogP contribution < -0.4 is 11.4 Å². The minimum absolute atomic E-state index is 0.0699. The number of rotatable bonds is 3. The first-order valence-electron chi connectivity index (χ1n) is 8.21. The molecule has 0 unspecified atom stereocenters. The largest absolute Gasteiger partial charge is 0.384 e. The minimum Gasteiger partial charge on any atom is -0.384 e. The Balaban J connectivity index is 1.53. The van der Waals surface area contributed by atoms with Crippen molar-refractivity contribution in [1.82, 2.24) is 14.5 Å². The third-order valence-electron chi connectivity index (χ3n) is 4.83. The van der Waals surface area contributed by atoms with Gasteiger partial charge in [0.25, 0.3) is 0 Å². The molecule has 3 atom stereocenters. The highest BCUT2D eigenvalue weighted by Gasteiger charge is 2.59. The van der Waals surface area contributed by atoms with Gasteiger partial charge >= 0.3 is 11.6 Å². The van der Waals surface area contributed by atoms with E-state index in [0.717, 1.165) is 17.3 Å². The molecule has 3 N–H and O–H groups in total. The molecular weight excluding hydrogens is 346 g/mol. The van der Waals surface area contributed by atoms with Gasteiger partial charge in [0.15, 0.2) is 0 Å². The van der Waals surface area contributed by atoms with E-state index in [-0.39, 0.29) is 12.4 Å². The number of alkyl halides is 2. The van der Waals surface area contributed by atoms with Gasteiger partial charge < -0.3 is 15.6 Å². The molecule has 1 aromatic heterocycles. The van der Waals surface area contributed by atoms with Crippen LogP contribution in [-0.4, -0.2) is 44.2 Å². The Morgan fingerprint density at radius 3 is 2.54 bits per heavy atom. The Morgan fingerprint density at radius 1 is 1.27 bits per heavy atom. The number of fused-ring (bicyclic) bond motifs is 1. The van der Waals surface area contributed by atoms with Gasteiger partial charge in [0, 0.05) is 25.8 Å². The molecule has 138 valence electrons. The second-order valence-electron chi connectivity index (χ2n) is 6.63. The molecule has 0 bridgehead atoms. The van der Waals surface area contributed by atoms with E-state index in [1.54, 1.807) is 0 Å². The van der Waals surface area contributed by atoms with Crippen molar-refractivity contribution in [2.45, 2.75) is 37.4 Å². The molecule has 1 saturated heterocycles. The molecule has 7 nitrogen and oxygen atoms in total. The third kappa shape index (κ3) is 2.77. The van der Waals surface area contributed by atoms with Gasteiger partial charge in [-0.15, -0.1) is 0 Å². The van der Waals surface area contributed by atoms with Crippen molar-refractivity contribution in [3.8, 4) is 0 Å². The lowest BCUT2D eigenvalue weighted by molar-refractivity contribution is -0.140. The molecule has 4 rings (SSSR count). The summed E-state index contributed by atoms with van der Waals surface area (Å²) < 4.78 is 35.1. The molecule has 1 fully saturated rings. The van der Waals surface area contributed by atoms with E-state index in [1.807, 2.05) is 29.2 Å². The van der Waals surface area contributed by atoms with Crippen LogP contribution in [0.2, 0.25) is 0 Å². The number of anilines is 1. The third-order valence-corrected chi connectivity index (χ3v) is 4.83. The number of benzene rings is 1. The lowest BCUT2D eigenvalue weighted by atomic mass is 10.1. The number of nitrogens with zero attached hydrogens (tertiary/aromatic N) is 3. The fraction of sp³-hybridized carbons (Fsp3) is 0.412. The van der Waals surface area contributed by atoms with Gasteiger partial charge in [-0.2, -0.15) is 13.8 Å². The zero-order valence-electron chi connectivity index (χ0n) is 13.8. The molecule has 0 saturated carbocycles. The molecule has 0 aliphatic carbocycles. The number of nitrogens with two attached hydrogens (primary N) is 1. The van der Waals surface area contributed by atoms with Crippen molar-refractivity contribution in [1.29, 1.82) is 0 Å². The van der Waals surface area contributed by atoms with E-state index in [9.17, 15) is 18.7 Å². The van der Waals surface area contributed by atoms with Gasteiger partial charge in [-0.1, -0.05) is 24.3 Å². The van der Waals surface area contributed by atoms with Crippen LogP contribution in [0.3, 0.4) is 0 Å². The maximum Gasteiger partial charge on any atom is 0.351 e. The van der Waals surface area contributed by atoms with E-state index in [4.69, 9.17) is 10.5 Å². The van der Waals surface area contributed by atoms with E-state index < -0.39 is 30.0 Å². The first-order valence-corrected chi connectivity index (χ1v) is 8.21. The molecule has 2 aromatic rings. The monoisotopic (exact) mass is 364 g/mol. The Kier molecular flexibility index (Phi) is 4.02. The van der Waals surface area contributed by atoms with Crippen LogP contribution >= 0.6 is 0 Å². The van der Waals surface area contributed by atoms with Gasteiger partial charge in [-0.25, -0.2) is 4.79 Å². The summed E-state index contributed by atoms with van der Waals surface area (Å²) in [5.41, 5.74) is 6.70. The summed E-state index contributed by atoms with van der Waals surface area (Å²) in [6.07, 6.45) is -3.98. The number of aliphatic hydroxyl groups excluding tert-OH is 1. The average Bonchev–Trinajstić information content (AvgIpc) is 3.09. The maximum absolute atomic E-state index is 14.5. The summed E-state index contributed by atoms with van der Waals surface area (Å²) in [7, 11) is 0. The van der Waals surface area contributed by atoms with Crippen LogP contribution in [0, 0.1) is 0 Å². The first kappa shape index (κ1) is 17.1. The van der Waals surface area contributed by atoms with Crippen molar-refractivity contribution >= 4 is 5.82 Å². The zero-order valence-corrected chi connectivity index (χ0v) is 13.8. The minimum atomic E-state index is -3.63. The summed E-state index contributed by atoms with van der Waals surface area (Å²) in [5, 5.41) is 10.1. The molecule has 2 aliphatic rings. The zero-order chi connectivity index (χ0) is 18.5. The van der Waals surface area contributed by atoms with Gasteiger partial charge in [0.1, 0.15) is 18.0 Å². The van der Waals surface area contributed by atoms with Crippen LogP contribution in [0.1, 0.15) is 17.4 Å². The summed E-state index contributed by atoms with van der Waals surface area (Å²) in [6, 6.07) is 9.05. The maximum atomic E-state index is 14.5. The average molecular weight is 364 g/mol. The van der Waals surface area contributed by atoms with Gasteiger partial charge in [-0.05, 0) is 17.2 Å². The molecule has 26 heavy (non-hydrogen) atoms. The topological polar surface area (TPSA) is 93.6 Å². The quantitative estimate of drug-likeness (QED) is 0.834. The summed E-state index contributed by atoms with van der Waals surface area (Å²) in [4.78, 5) is 17.3. The van der Waals surface area contributed by atoms with E-state index in [0.29, 0.717) is 17.7 Å². The Labute approximate surface area is 147 Å². The standard InChI is InChI=1S/C17H18F2N4O3/c18-17(19)14(24)12(9-22-7-10-3-1-2-4-11(10)8-22)26-15(17)23-6-5-13(20)21-16(23)25/h1-6,12,14-15,24H,7-9H2,(H2,20,21,25)/t12-,14-,15-/m1/s1. The molecule has 9 heteroatoms. The number of hydrogen-bond donors (Lipinski definition) is 2. The Hall–Kier alpha value is -2.36. The lowest BCUT2D eigenvalue weighted by Crippen LogP contribution is -2.43. The summed E-state index contributed by atoms with van der Waals surface area (Å²) >= 11 is 0. The number of aliphatic hydroxyl groups is 1. The van der Waals surface area contributed by atoms with E-state index in [2.05, 4.69) is 4.98 Å². The Morgan fingerprint density at radius 2 is 1.92 bits per heavy atom. The Bertz CT molecular complexity index is 863. The molecule has 3 heterocycles. The number of hydrogen-bond acceptors (Lipinski definition) is 6. The van der Waals surface area contributed by atoms with Gasteiger partial charge in [0.05, 0.1) is 0 Å². The molecule has 0 spiro atoms. The van der Waals surface area contributed by atoms with Crippen LogP contribution in [0.25, 0.3) is 0 Å². The highest BCUT2D eigenvalue weighted by molar-refractivity contribution is 5.30. The molecule has 1 aromatic carbocycles. The summed E-state index contributed by atoms with van der Waals surface area (Å²) in [6.45, 7) is 1.32. The van der Waals surface area contributed by atoms with Crippen molar-refractivity contribution in [2.75, 3.05) is 12.3 Å². The van der Waals surface area contributed by atoms with Crippen LogP contribution in [0.5, 0.6) is 0 Å². The van der Waals surface area contributed by atoms with E-state index >= 15 is 0 Å². The van der Waals surface area contributed by atoms with Crippen LogP contribution in [0.4, 0.5) is 14.6 Å². The number of nitrogen functional groups attached to an aromatic ring is 1. The van der Waals surface area contributed by atoms with Gasteiger partial charge in [-0.3, -0.25) is 9.47 Å². The fourth-order valence-electron chi connectivity index (χ4n) is 3.51. The molecule has 0 amide bonds. The number of aromatic nitrogens is 2. The normalized spacial score (nSPS) is 27.6. The van der Waals surface area contributed by atoms with Crippen molar-refractivity contribution in [3.05, 3.63) is 58.1 Å². The fourth-order valence-corrected chi connectivity index (χ4v) is 3.51. The van der Waals surface area contributed by atoms with E-state index in [1.165, 1.54) is 6.07 Å². The van der Waals surface area contributed by atoms with Crippen molar-refractivity contribution < 1.29 is 18.6 Å². The highest BCUT2D eigenvalue weighted by atomic mass is 19.3. The molecule has 0 radical (unpaired) electrons.